The molecule has 0 bridgehead atoms. The lowest BCUT2D eigenvalue weighted by Crippen LogP contribution is -2.23. The highest BCUT2D eigenvalue weighted by atomic mass is 79.9. The molecular formula is C17H15BrFNO. The maximum absolute atomic E-state index is 13.2. The zero-order chi connectivity index (χ0) is 14.8. The van der Waals surface area contributed by atoms with E-state index in [0.717, 1.165) is 30.6 Å². The van der Waals surface area contributed by atoms with Gasteiger partial charge in [0.1, 0.15) is 5.82 Å². The molecule has 0 atom stereocenters. The first kappa shape index (κ1) is 14.4. The van der Waals surface area contributed by atoms with E-state index in [1.807, 2.05) is 18.2 Å². The van der Waals surface area contributed by atoms with Crippen molar-refractivity contribution in [3.05, 3.63) is 68.9 Å². The number of Topliss-reactive ketones (excluding diaryl/α,β-unsaturated/α-hetero) is 1. The van der Waals surface area contributed by atoms with Crippen LogP contribution in [0, 0.1) is 5.82 Å². The molecule has 1 N–H and O–H groups in total. The van der Waals surface area contributed by atoms with Crippen LogP contribution in [-0.2, 0) is 19.4 Å². The molecule has 1 aliphatic rings. The number of benzene rings is 2. The lowest BCUT2D eigenvalue weighted by Gasteiger charge is -2.17. The molecule has 108 valence electrons. The van der Waals surface area contributed by atoms with E-state index in [9.17, 15) is 9.18 Å². The van der Waals surface area contributed by atoms with Crippen molar-refractivity contribution in [1.82, 2.24) is 5.32 Å². The number of halogens is 2. The second-order valence-corrected chi connectivity index (χ2v) is 6.11. The summed E-state index contributed by atoms with van der Waals surface area (Å²) in [7, 11) is 0. The van der Waals surface area contributed by atoms with Crippen molar-refractivity contribution in [3.63, 3.8) is 0 Å². The van der Waals surface area contributed by atoms with Gasteiger partial charge in [-0.3, -0.25) is 4.79 Å². The number of carbonyl (C=O) groups excluding carboxylic acids is 1. The highest BCUT2D eigenvalue weighted by molar-refractivity contribution is 9.10. The van der Waals surface area contributed by atoms with E-state index in [2.05, 4.69) is 21.2 Å². The predicted octanol–water partition coefficient (Wildman–Crippen LogP) is 3.66. The minimum absolute atomic E-state index is 0.0573. The SMILES string of the molecule is O=C(Cc1ccc(F)c(Br)c1)c1ccc2c(c1)CNCC2. The molecule has 0 aromatic heterocycles. The molecule has 0 aliphatic carbocycles. The van der Waals surface area contributed by atoms with Gasteiger partial charge in [0.05, 0.1) is 4.47 Å². The molecule has 0 radical (unpaired) electrons. The van der Waals surface area contributed by atoms with E-state index in [-0.39, 0.29) is 18.0 Å². The van der Waals surface area contributed by atoms with E-state index in [0.29, 0.717) is 4.47 Å². The zero-order valence-corrected chi connectivity index (χ0v) is 13.0. The summed E-state index contributed by atoms with van der Waals surface area (Å²) in [4.78, 5) is 12.4. The fraction of sp³-hybridized carbons (Fsp3) is 0.235. The summed E-state index contributed by atoms with van der Waals surface area (Å²) < 4.78 is 13.6. The Bertz CT molecular complexity index is 699. The number of carbonyl (C=O) groups is 1. The van der Waals surface area contributed by atoms with Gasteiger partial charge in [-0.1, -0.05) is 18.2 Å². The number of fused-ring (bicyclic) bond motifs is 1. The minimum Gasteiger partial charge on any atom is -0.312 e. The summed E-state index contributed by atoms with van der Waals surface area (Å²) in [6, 6.07) is 10.6. The smallest absolute Gasteiger partial charge is 0.167 e. The average Bonchev–Trinajstić information content (AvgIpc) is 2.50. The van der Waals surface area contributed by atoms with Gasteiger partial charge in [0, 0.05) is 18.5 Å². The molecule has 0 fully saturated rings. The van der Waals surface area contributed by atoms with Crippen LogP contribution in [0.2, 0.25) is 0 Å². The van der Waals surface area contributed by atoms with Crippen LogP contribution in [-0.4, -0.2) is 12.3 Å². The summed E-state index contributed by atoms with van der Waals surface area (Å²) in [6.07, 6.45) is 1.29. The molecule has 2 nitrogen and oxygen atoms in total. The molecule has 1 aliphatic heterocycles. The van der Waals surface area contributed by atoms with Gasteiger partial charge in [0.2, 0.25) is 0 Å². The Morgan fingerprint density at radius 3 is 2.86 bits per heavy atom. The van der Waals surface area contributed by atoms with Crippen LogP contribution in [0.4, 0.5) is 4.39 Å². The first-order valence-electron chi connectivity index (χ1n) is 6.93. The first-order chi connectivity index (χ1) is 10.1. The van der Waals surface area contributed by atoms with E-state index < -0.39 is 0 Å². The zero-order valence-electron chi connectivity index (χ0n) is 11.5. The van der Waals surface area contributed by atoms with Crippen LogP contribution in [0.1, 0.15) is 27.0 Å². The van der Waals surface area contributed by atoms with Gasteiger partial charge in [-0.05, 0) is 63.8 Å². The van der Waals surface area contributed by atoms with Crippen LogP contribution in [0.5, 0.6) is 0 Å². The topological polar surface area (TPSA) is 29.1 Å². The monoisotopic (exact) mass is 347 g/mol. The standard InChI is InChI=1S/C17H15BrFNO/c18-15-7-11(1-4-16(15)19)8-17(21)13-3-2-12-5-6-20-10-14(12)9-13/h1-4,7,9,20H,5-6,8,10H2. The second kappa shape index (κ2) is 6.08. The number of ketones is 1. The number of nitrogens with one attached hydrogen (secondary N) is 1. The Kier molecular flexibility index (Phi) is 4.17. The summed E-state index contributed by atoms with van der Waals surface area (Å²) in [5.74, 6) is -0.257. The third kappa shape index (κ3) is 3.22. The molecule has 0 unspecified atom stereocenters. The van der Waals surface area contributed by atoms with Crippen molar-refractivity contribution in [2.24, 2.45) is 0 Å². The normalized spacial score (nSPS) is 13.8. The molecule has 0 saturated heterocycles. The Morgan fingerprint density at radius 1 is 1.19 bits per heavy atom. The van der Waals surface area contributed by atoms with Gasteiger partial charge in [-0.15, -0.1) is 0 Å². The minimum atomic E-state index is -0.314. The number of hydrogen-bond acceptors (Lipinski definition) is 2. The van der Waals surface area contributed by atoms with E-state index in [1.165, 1.54) is 17.2 Å². The van der Waals surface area contributed by atoms with Crippen molar-refractivity contribution in [3.8, 4) is 0 Å². The lowest BCUT2D eigenvalue weighted by atomic mass is 9.95. The largest absolute Gasteiger partial charge is 0.312 e. The van der Waals surface area contributed by atoms with Gasteiger partial charge >= 0.3 is 0 Å². The van der Waals surface area contributed by atoms with Crippen LogP contribution in [0.25, 0.3) is 0 Å². The molecule has 3 rings (SSSR count). The molecule has 4 heteroatoms. The van der Waals surface area contributed by atoms with Crippen molar-refractivity contribution in [2.45, 2.75) is 19.4 Å². The molecule has 2 aromatic carbocycles. The quantitative estimate of drug-likeness (QED) is 0.858. The molecule has 0 spiro atoms. The predicted molar refractivity (Wildman–Crippen MR) is 84.0 cm³/mol. The summed E-state index contributed by atoms with van der Waals surface area (Å²) >= 11 is 3.15. The number of rotatable bonds is 3. The Balaban J connectivity index is 1.80. The number of hydrogen-bond donors (Lipinski definition) is 1. The van der Waals surface area contributed by atoms with Crippen LogP contribution in [0.15, 0.2) is 40.9 Å². The summed E-state index contributed by atoms with van der Waals surface area (Å²) in [5, 5.41) is 3.31. The molecule has 1 heterocycles. The Hall–Kier alpha value is -1.52. The Morgan fingerprint density at radius 2 is 2.05 bits per heavy atom. The fourth-order valence-corrected chi connectivity index (χ4v) is 3.02. The van der Waals surface area contributed by atoms with Gasteiger partial charge in [0.25, 0.3) is 0 Å². The van der Waals surface area contributed by atoms with Crippen molar-refractivity contribution in [2.75, 3.05) is 6.54 Å². The van der Waals surface area contributed by atoms with Crippen LogP contribution < -0.4 is 5.32 Å². The maximum atomic E-state index is 13.2. The van der Waals surface area contributed by atoms with Crippen LogP contribution in [0.3, 0.4) is 0 Å². The lowest BCUT2D eigenvalue weighted by molar-refractivity contribution is 0.0993. The van der Waals surface area contributed by atoms with Crippen molar-refractivity contribution >= 4 is 21.7 Å². The van der Waals surface area contributed by atoms with E-state index in [1.54, 1.807) is 12.1 Å². The van der Waals surface area contributed by atoms with E-state index in [4.69, 9.17) is 0 Å². The van der Waals surface area contributed by atoms with Gasteiger partial charge in [0.15, 0.2) is 5.78 Å². The Labute approximate surface area is 131 Å². The summed E-state index contributed by atoms with van der Waals surface area (Å²) in [5.41, 5.74) is 4.05. The van der Waals surface area contributed by atoms with Crippen molar-refractivity contribution < 1.29 is 9.18 Å². The first-order valence-corrected chi connectivity index (χ1v) is 7.72. The molecule has 2 aromatic rings. The van der Waals surface area contributed by atoms with Gasteiger partial charge in [-0.25, -0.2) is 4.39 Å². The van der Waals surface area contributed by atoms with Gasteiger partial charge < -0.3 is 5.32 Å². The molecule has 21 heavy (non-hydrogen) atoms. The third-order valence-corrected chi connectivity index (χ3v) is 4.37. The third-order valence-electron chi connectivity index (χ3n) is 3.76. The van der Waals surface area contributed by atoms with Gasteiger partial charge in [-0.2, -0.15) is 0 Å². The average molecular weight is 348 g/mol. The van der Waals surface area contributed by atoms with Crippen LogP contribution >= 0.6 is 15.9 Å². The second-order valence-electron chi connectivity index (χ2n) is 5.26. The summed E-state index contributed by atoms with van der Waals surface area (Å²) in [6.45, 7) is 1.81. The maximum Gasteiger partial charge on any atom is 0.167 e. The van der Waals surface area contributed by atoms with Crippen molar-refractivity contribution in [1.29, 1.82) is 0 Å². The van der Waals surface area contributed by atoms with E-state index >= 15 is 0 Å². The highest BCUT2D eigenvalue weighted by Crippen LogP contribution is 2.20. The molecule has 0 saturated carbocycles. The fourth-order valence-electron chi connectivity index (χ4n) is 2.59. The highest BCUT2D eigenvalue weighted by Gasteiger charge is 2.13. The molecular weight excluding hydrogens is 333 g/mol. The molecule has 0 amide bonds.